The van der Waals surface area contributed by atoms with Crippen LogP contribution in [0, 0.1) is 5.92 Å². The van der Waals surface area contributed by atoms with Crippen LogP contribution in [0.2, 0.25) is 0 Å². The standard InChI is InChI=1S/C22H30N4O4/c1-4-26-19(13-20(27)24(3)22(26)29)25-12-6-7-17(15-25)21(28)23-14-16-8-10-18(11-9-16)30-5-2/h8-11,13,17H,4-7,12,14-15H2,1-3H3,(H,23,28)/t17-/m1/s1. The molecule has 8 heteroatoms. The number of nitrogens with zero attached hydrogens (tertiary/aromatic N) is 3. The van der Waals surface area contributed by atoms with Gasteiger partial charge in [0.25, 0.3) is 5.56 Å². The SMILES string of the molecule is CCOc1ccc(CNC(=O)[C@@H]2CCCN(c3cc(=O)n(C)c(=O)n3CC)C2)cc1. The lowest BCUT2D eigenvalue weighted by atomic mass is 9.97. The average molecular weight is 415 g/mol. The number of hydrogen-bond acceptors (Lipinski definition) is 5. The van der Waals surface area contributed by atoms with E-state index in [2.05, 4.69) is 5.32 Å². The highest BCUT2D eigenvalue weighted by Crippen LogP contribution is 2.22. The Morgan fingerprint density at radius 2 is 1.93 bits per heavy atom. The first-order chi connectivity index (χ1) is 14.4. The summed E-state index contributed by atoms with van der Waals surface area (Å²) >= 11 is 0. The summed E-state index contributed by atoms with van der Waals surface area (Å²) in [5.74, 6) is 1.20. The van der Waals surface area contributed by atoms with Gasteiger partial charge in [0.15, 0.2) is 0 Å². The molecule has 8 nitrogen and oxygen atoms in total. The largest absolute Gasteiger partial charge is 0.494 e. The number of anilines is 1. The Balaban J connectivity index is 1.67. The molecule has 162 valence electrons. The van der Waals surface area contributed by atoms with E-state index in [1.54, 1.807) is 4.57 Å². The predicted octanol–water partition coefficient (Wildman–Crippen LogP) is 1.50. The van der Waals surface area contributed by atoms with Crippen LogP contribution in [0.5, 0.6) is 5.75 Å². The van der Waals surface area contributed by atoms with Crippen molar-refractivity contribution in [2.24, 2.45) is 13.0 Å². The molecule has 0 bridgehead atoms. The molecule has 1 atom stereocenters. The van der Waals surface area contributed by atoms with E-state index in [0.29, 0.717) is 32.1 Å². The minimum Gasteiger partial charge on any atom is -0.494 e. The molecule has 1 fully saturated rings. The molecular weight excluding hydrogens is 384 g/mol. The van der Waals surface area contributed by atoms with Gasteiger partial charge in [-0.25, -0.2) is 4.79 Å². The molecule has 1 aromatic heterocycles. The number of hydrogen-bond donors (Lipinski definition) is 1. The van der Waals surface area contributed by atoms with Crippen molar-refractivity contribution in [2.45, 2.75) is 39.8 Å². The molecule has 1 aromatic carbocycles. The van der Waals surface area contributed by atoms with Gasteiger partial charge in [0.1, 0.15) is 11.6 Å². The van der Waals surface area contributed by atoms with Gasteiger partial charge in [-0.3, -0.25) is 18.7 Å². The number of nitrogens with one attached hydrogen (secondary N) is 1. The Hall–Kier alpha value is -3.03. The third-order valence-electron chi connectivity index (χ3n) is 5.51. The maximum atomic E-state index is 12.8. The first kappa shape index (κ1) is 21.7. The maximum absolute atomic E-state index is 12.8. The molecule has 2 heterocycles. The quantitative estimate of drug-likeness (QED) is 0.742. The first-order valence-electron chi connectivity index (χ1n) is 10.5. The summed E-state index contributed by atoms with van der Waals surface area (Å²) in [7, 11) is 1.48. The fourth-order valence-electron chi connectivity index (χ4n) is 3.82. The average Bonchev–Trinajstić information content (AvgIpc) is 2.77. The molecule has 1 saturated heterocycles. The molecule has 30 heavy (non-hydrogen) atoms. The molecule has 1 amide bonds. The summed E-state index contributed by atoms with van der Waals surface area (Å²) in [6.07, 6.45) is 1.61. The van der Waals surface area contributed by atoms with Crippen molar-refractivity contribution in [3.05, 3.63) is 56.7 Å². The molecule has 0 saturated carbocycles. The number of carbonyl (C=O) groups excluding carboxylic acids is 1. The number of aromatic nitrogens is 2. The number of piperidine rings is 1. The minimum absolute atomic E-state index is 0.0113. The summed E-state index contributed by atoms with van der Waals surface area (Å²) in [5.41, 5.74) is 0.342. The topological polar surface area (TPSA) is 85.6 Å². The van der Waals surface area contributed by atoms with Crippen molar-refractivity contribution in [1.82, 2.24) is 14.5 Å². The van der Waals surface area contributed by atoms with Crippen LogP contribution >= 0.6 is 0 Å². The fraction of sp³-hybridized carbons (Fsp3) is 0.500. The van der Waals surface area contributed by atoms with Gasteiger partial charge in [0.2, 0.25) is 5.91 Å². The van der Waals surface area contributed by atoms with Crippen LogP contribution in [-0.4, -0.2) is 34.7 Å². The van der Waals surface area contributed by atoms with Gasteiger partial charge in [-0.05, 0) is 44.4 Å². The van der Waals surface area contributed by atoms with Crippen LogP contribution in [0.3, 0.4) is 0 Å². The van der Waals surface area contributed by atoms with E-state index >= 15 is 0 Å². The Morgan fingerprint density at radius 1 is 1.20 bits per heavy atom. The van der Waals surface area contributed by atoms with Gasteiger partial charge in [-0.1, -0.05) is 12.1 Å². The molecule has 0 spiro atoms. The lowest BCUT2D eigenvalue weighted by molar-refractivity contribution is -0.125. The Morgan fingerprint density at radius 3 is 2.60 bits per heavy atom. The number of rotatable bonds is 7. The Kier molecular flexibility index (Phi) is 6.97. The Bertz CT molecular complexity index is 994. The molecule has 1 N–H and O–H groups in total. The van der Waals surface area contributed by atoms with Crippen LogP contribution in [0.25, 0.3) is 0 Å². The third-order valence-corrected chi connectivity index (χ3v) is 5.51. The van der Waals surface area contributed by atoms with Gasteiger partial charge in [0.05, 0.1) is 12.5 Å². The molecule has 1 aliphatic rings. The lowest BCUT2D eigenvalue weighted by Crippen LogP contribution is -2.47. The molecule has 3 rings (SSSR count). The summed E-state index contributed by atoms with van der Waals surface area (Å²) < 4.78 is 8.13. The fourth-order valence-corrected chi connectivity index (χ4v) is 3.82. The van der Waals surface area contributed by atoms with Crippen molar-refractivity contribution in [1.29, 1.82) is 0 Å². The monoisotopic (exact) mass is 414 g/mol. The second-order valence-corrected chi connectivity index (χ2v) is 7.51. The van der Waals surface area contributed by atoms with E-state index in [-0.39, 0.29) is 23.1 Å². The van der Waals surface area contributed by atoms with Gasteiger partial charge in [-0.2, -0.15) is 0 Å². The van der Waals surface area contributed by atoms with Crippen molar-refractivity contribution in [2.75, 3.05) is 24.6 Å². The summed E-state index contributed by atoms with van der Waals surface area (Å²) in [6.45, 7) is 6.56. The van der Waals surface area contributed by atoms with E-state index in [4.69, 9.17) is 4.74 Å². The van der Waals surface area contributed by atoms with Crippen molar-refractivity contribution >= 4 is 11.7 Å². The van der Waals surface area contributed by atoms with Crippen molar-refractivity contribution in [3.63, 3.8) is 0 Å². The van der Waals surface area contributed by atoms with Crippen molar-refractivity contribution < 1.29 is 9.53 Å². The zero-order chi connectivity index (χ0) is 21.7. The van der Waals surface area contributed by atoms with Gasteiger partial charge in [0, 0.05) is 39.3 Å². The van der Waals surface area contributed by atoms with Gasteiger partial charge >= 0.3 is 5.69 Å². The second kappa shape index (κ2) is 9.65. The highest BCUT2D eigenvalue weighted by Gasteiger charge is 2.27. The smallest absolute Gasteiger partial charge is 0.332 e. The molecule has 2 aromatic rings. The first-order valence-corrected chi connectivity index (χ1v) is 10.5. The Labute approximate surface area is 176 Å². The van der Waals surface area contributed by atoms with Crippen LogP contribution in [-0.2, 0) is 24.9 Å². The molecule has 0 aliphatic carbocycles. The van der Waals surface area contributed by atoms with Crippen LogP contribution in [0.1, 0.15) is 32.3 Å². The number of benzene rings is 1. The molecule has 1 aliphatic heterocycles. The zero-order valence-electron chi connectivity index (χ0n) is 17.9. The van der Waals surface area contributed by atoms with Gasteiger partial charge < -0.3 is 15.0 Å². The van der Waals surface area contributed by atoms with Gasteiger partial charge in [-0.15, -0.1) is 0 Å². The normalized spacial score (nSPS) is 16.4. The highest BCUT2D eigenvalue weighted by molar-refractivity contribution is 5.79. The van der Waals surface area contributed by atoms with E-state index < -0.39 is 0 Å². The van der Waals surface area contributed by atoms with Crippen LogP contribution in [0.4, 0.5) is 5.82 Å². The van der Waals surface area contributed by atoms with E-state index in [0.717, 1.165) is 35.3 Å². The van der Waals surface area contributed by atoms with Crippen LogP contribution in [0.15, 0.2) is 39.9 Å². The van der Waals surface area contributed by atoms with E-state index in [9.17, 15) is 14.4 Å². The third kappa shape index (κ3) is 4.75. The summed E-state index contributed by atoms with van der Waals surface area (Å²) in [4.78, 5) is 39.3. The van der Waals surface area contributed by atoms with Crippen molar-refractivity contribution in [3.8, 4) is 5.75 Å². The number of amides is 1. The lowest BCUT2D eigenvalue weighted by Gasteiger charge is -2.34. The number of ether oxygens (including phenoxy) is 1. The van der Waals surface area contributed by atoms with E-state index in [1.165, 1.54) is 13.1 Å². The number of carbonyl (C=O) groups is 1. The maximum Gasteiger partial charge on any atom is 0.332 e. The molecular formula is C22H30N4O4. The zero-order valence-corrected chi connectivity index (χ0v) is 17.9. The summed E-state index contributed by atoms with van der Waals surface area (Å²) in [6, 6.07) is 9.17. The highest BCUT2D eigenvalue weighted by atomic mass is 16.5. The summed E-state index contributed by atoms with van der Waals surface area (Å²) in [5, 5.41) is 3.01. The van der Waals surface area contributed by atoms with Crippen LogP contribution < -0.4 is 26.2 Å². The minimum atomic E-state index is -0.332. The second-order valence-electron chi connectivity index (χ2n) is 7.51. The van der Waals surface area contributed by atoms with E-state index in [1.807, 2.05) is 43.0 Å². The molecule has 0 unspecified atom stereocenters. The predicted molar refractivity (Wildman–Crippen MR) is 116 cm³/mol. The molecule has 0 radical (unpaired) electrons.